The van der Waals surface area contributed by atoms with Gasteiger partial charge in [0.05, 0.1) is 11.5 Å². The van der Waals surface area contributed by atoms with Gasteiger partial charge in [0.15, 0.2) is 5.78 Å². The highest BCUT2D eigenvalue weighted by Crippen LogP contribution is 2.41. The van der Waals surface area contributed by atoms with Crippen molar-refractivity contribution >= 4 is 11.8 Å². The minimum atomic E-state index is -4.44. The Hall–Kier alpha value is -1.89. The van der Waals surface area contributed by atoms with Gasteiger partial charge < -0.3 is 10.0 Å². The Balaban J connectivity index is 0.000000381. The maximum atomic E-state index is 12.3. The molecule has 25 heavy (non-hydrogen) atoms. The first kappa shape index (κ1) is 21.2. The second-order valence-electron chi connectivity index (χ2n) is 5.85. The number of nitrogens with zero attached hydrogens (tertiary/aromatic N) is 1. The Kier molecular flexibility index (Phi) is 7.60. The molecule has 0 spiro atoms. The summed E-state index contributed by atoms with van der Waals surface area (Å²) in [5.41, 5.74) is -0.707. The predicted molar refractivity (Wildman–Crippen MR) is 88.5 cm³/mol. The maximum Gasteiger partial charge on any atom is 0.416 e. The van der Waals surface area contributed by atoms with Crippen molar-refractivity contribution in [2.24, 2.45) is 11.8 Å². The third kappa shape index (κ3) is 6.16. The summed E-state index contributed by atoms with van der Waals surface area (Å²) in [6.07, 6.45) is -4.18. The van der Waals surface area contributed by atoms with Crippen LogP contribution in [-0.4, -0.2) is 41.4 Å². The molecule has 140 valence electrons. The van der Waals surface area contributed by atoms with Crippen LogP contribution in [0, 0.1) is 11.8 Å². The van der Waals surface area contributed by atoms with Gasteiger partial charge in [0.25, 0.3) is 0 Å². The van der Waals surface area contributed by atoms with Crippen molar-refractivity contribution in [3.05, 3.63) is 35.4 Å². The minimum Gasteiger partial charge on any atom is -0.481 e. The fraction of sp³-hybridized carbons (Fsp3) is 0.556. The van der Waals surface area contributed by atoms with E-state index >= 15 is 0 Å². The van der Waals surface area contributed by atoms with E-state index in [0.717, 1.165) is 24.3 Å². The molecule has 1 aromatic rings. The fourth-order valence-corrected chi connectivity index (χ4v) is 2.47. The van der Waals surface area contributed by atoms with Gasteiger partial charge in [-0.15, -0.1) is 0 Å². The van der Waals surface area contributed by atoms with Gasteiger partial charge in [-0.1, -0.05) is 32.9 Å². The molecule has 7 heteroatoms. The van der Waals surface area contributed by atoms with Gasteiger partial charge in [0.2, 0.25) is 0 Å². The average Bonchev–Trinajstić information content (AvgIpc) is 3.37. The van der Waals surface area contributed by atoms with Crippen molar-refractivity contribution in [2.45, 2.75) is 33.4 Å². The summed E-state index contributed by atoms with van der Waals surface area (Å²) in [6.45, 7) is 10.1. The zero-order valence-corrected chi connectivity index (χ0v) is 14.6. The minimum absolute atomic E-state index is 0.122. The molecule has 0 radical (unpaired) electrons. The van der Waals surface area contributed by atoms with Crippen molar-refractivity contribution < 1.29 is 27.9 Å². The van der Waals surface area contributed by atoms with E-state index in [1.807, 2.05) is 0 Å². The molecule has 0 amide bonds. The van der Waals surface area contributed by atoms with Gasteiger partial charge in [0.1, 0.15) is 0 Å². The van der Waals surface area contributed by atoms with Gasteiger partial charge in [-0.25, -0.2) is 0 Å². The zero-order valence-electron chi connectivity index (χ0n) is 14.6. The Bertz CT molecular complexity index is 575. The van der Waals surface area contributed by atoms with E-state index in [0.29, 0.717) is 0 Å². The molecule has 1 aromatic carbocycles. The number of benzene rings is 1. The van der Waals surface area contributed by atoms with Crippen molar-refractivity contribution in [1.29, 1.82) is 0 Å². The third-order valence-corrected chi connectivity index (χ3v) is 4.28. The number of rotatable bonds is 6. The van der Waals surface area contributed by atoms with E-state index in [1.165, 1.54) is 19.6 Å². The molecule has 0 bridgehead atoms. The van der Waals surface area contributed by atoms with Crippen molar-refractivity contribution in [3.8, 4) is 0 Å². The van der Waals surface area contributed by atoms with E-state index < -0.39 is 35.3 Å². The Morgan fingerprint density at radius 2 is 1.52 bits per heavy atom. The molecule has 0 saturated heterocycles. The molecule has 4 nitrogen and oxygen atoms in total. The number of ketones is 1. The van der Waals surface area contributed by atoms with Crippen LogP contribution in [0.15, 0.2) is 24.3 Å². The van der Waals surface area contributed by atoms with E-state index in [2.05, 4.69) is 25.7 Å². The SMILES string of the molecule is CCN(CC)CC.O=C(O)C1CC1C(=O)c1ccc(C(F)(F)F)cc1. The van der Waals surface area contributed by atoms with Crippen molar-refractivity contribution in [2.75, 3.05) is 19.6 Å². The van der Waals surface area contributed by atoms with Gasteiger partial charge in [-0.05, 0) is 38.2 Å². The second-order valence-corrected chi connectivity index (χ2v) is 5.85. The molecule has 1 aliphatic rings. The van der Waals surface area contributed by atoms with E-state index in [1.54, 1.807) is 0 Å². The lowest BCUT2D eigenvalue weighted by molar-refractivity contribution is -0.139. The largest absolute Gasteiger partial charge is 0.481 e. The van der Waals surface area contributed by atoms with Crippen LogP contribution < -0.4 is 0 Å². The number of aliphatic carboxylic acids is 1. The lowest BCUT2D eigenvalue weighted by Crippen LogP contribution is -2.21. The highest BCUT2D eigenvalue weighted by molar-refractivity contribution is 6.02. The monoisotopic (exact) mass is 359 g/mol. The number of hydrogen-bond donors (Lipinski definition) is 1. The number of carbonyl (C=O) groups excluding carboxylic acids is 1. The van der Waals surface area contributed by atoms with Crippen LogP contribution in [0.25, 0.3) is 0 Å². The van der Waals surface area contributed by atoms with Gasteiger partial charge in [-0.2, -0.15) is 13.2 Å². The molecule has 1 fully saturated rings. The fourth-order valence-electron chi connectivity index (χ4n) is 2.47. The van der Waals surface area contributed by atoms with E-state index in [4.69, 9.17) is 5.11 Å². The molecule has 0 heterocycles. The number of halogens is 3. The number of carboxylic acid groups (broad SMARTS) is 1. The Morgan fingerprint density at radius 3 is 1.80 bits per heavy atom. The summed E-state index contributed by atoms with van der Waals surface area (Å²) in [7, 11) is 0. The predicted octanol–water partition coefficient (Wildman–Crippen LogP) is 3.96. The van der Waals surface area contributed by atoms with Crippen LogP contribution in [0.4, 0.5) is 13.2 Å². The average molecular weight is 359 g/mol. The summed E-state index contributed by atoms with van der Waals surface area (Å²) in [4.78, 5) is 24.7. The molecule has 1 aliphatic carbocycles. The zero-order chi connectivity index (χ0) is 19.2. The number of carboxylic acids is 1. The summed E-state index contributed by atoms with van der Waals surface area (Å²) in [6, 6.07) is 3.82. The first-order chi connectivity index (χ1) is 11.6. The summed E-state index contributed by atoms with van der Waals surface area (Å²) in [5, 5.41) is 8.67. The molecule has 0 aliphatic heterocycles. The maximum absolute atomic E-state index is 12.3. The highest BCUT2D eigenvalue weighted by atomic mass is 19.4. The molecule has 2 rings (SSSR count). The Labute approximate surface area is 145 Å². The number of Topliss-reactive ketones (excluding diaryl/α,β-unsaturated/α-hetero) is 1. The summed E-state index contributed by atoms with van der Waals surface area (Å²) < 4.78 is 36.9. The van der Waals surface area contributed by atoms with Crippen LogP contribution in [0.1, 0.15) is 43.1 Å². The van der Waals surface area contributed by atoms with Crippen LogP contribution in [0.3, 0.4) is 0 Å². The lowest BCUT2D eigenvalue weighted by atomic mass is 10.0. The van der Waals surface area contributed by atoms with Crippen LogP contribution in [0.2, 0.25) is 0 Å². The van der Waals surface area contributed by atoms with Crippen LogP contribution in [-0.2, 0) is 11.0 Å². The molecule has 1 saturated carbocycles. The second kappa shape index (κ2) is 8.99. The van der Waals surface area contributed by atoms with Gasteiger partial charge in [-0.3, -0.25) is 9.59 Å². The van der Waals surface area contributed by atoms with Gasteiger partial charge >= 0.3 is 12.1 Å². The Morgan fingerprint density at radius 1 is 1.04 bits per heavy atom. The first-order valence-electron chi connectivity index (χ1n) is 8.32. The molecular weight excluding hydrogens is 335 g/mol. The van der Waals surface area contributed by atoms with Crippen LogP contribution >= 0.6 is 0 Å². The number of carbonyl (C=O) groups is 2. The summed E-state index contributed by atoms with van der Waals surface area (Å²) in [5.74, 6) is -2.74. The van der Waals surface area contributed by atoms with Crippen molar-refractivity contribution in [3.63, 3.8) is 0 Å². The first-order valence-corrected chi connectivity index (χ1v) is 8.32. The molecule has 1 N–H and O–H groups in total. The molecular formula is C18H24F3NO3. The smallest absolute Gasteiger partial charge is 0.416 e. The third-order valence-electron chi connectivity index (χ3n) is 4.28. The number of alkyl halides is 3. The van der Waals surface area contributed by atoms with Gasteiger partial charge in [0, 0.05) is 11.5 Å². The highest BCUT2D eigenvalue weighted by Gasteiger charge is 2.48. The molecule has 0 aromatic heterocycles. The summed E-state index contributed by atoms with van der Waals surface area (Å²) >= 11 is 0. The van der Waals surface area contributed by atoms with Crippen molar-refractivity contribution in [1.82, 2.24) is 4.90 Å². The van der Waals surface area contributed by atoms with Crippen LogP contribution in [0.5, 0.6) is 0 Å². The molecule has 2 atom stereocenters. The number of hydrogen-bond acceptors (Lipinski definition) is 3. The standard InChI is InChI=1S/C12H9F3O3.C6H15N/c13-12(14,15)7-3-1-6(2-4-7)10(16)8-5-9(8)11(17)18;1-4-7(5-2)6-3/h1-4,8-9H,5H2,(H,17,18);4-6H2,1-3H3. The lowest BCUT2D eigenvalue weighted by Gasteiger charge is -2.13. The van der Waals surface area contributed by atoms with E-state index in [-0.39, 0.29) is 12.0 Å². The molecule has 2 unspecified atom stereocenters. The van der Waals surface area contributed by atoms with E-state index in [9.17, 15) is 22.8 Å². The quantitative estimate of drug-likeness (QED) is 0.781. The topological polar surface area (TPSA) is 57.6 Å². The normalized spacial score (nSPS) is 19.2.